The zero-order valence-corrected chi connectivity index (χ0v) is 14.9. The van der Waals surface area contributed by atoms with Crippen molar-refractivity contribution in [3.63, 3.8) is 0 Å². The van der Waals surface area contributed by atoms with Crippen molar-refractivity contribution in [2.45, 2.75) is 33.3 Å². The molecular weight excluding hydrogens is 328 g/mol. The van der Waals surface area contributed by atoms with Crippen LogP contribution in [0.15, 0.2) is 36.4 Å². The molecule has 0 bridgehead atoms. The molecule has 0 atom stereocenters. The maximum Gasteiger partial charge on any atom is 0.513 e. The van der Waals surface area contributed by atoms with Gasteiger partial charge in [0.1, 0.15) is 18.1 Å². The number of aryl methyl sites for hydroxylation is 2. The predicted molar refractivity (Wildman–Crippen MR) is 94.0 cm³/mol. The van der Waals surface area contributed by atoms with E-state index in [1.165, 1.54) is 12.7 Å². The van der Waals surface area contributed by atoms with Crippen LogP contribution in [0, 0.1) is 0 Å². The Bertz CT molecular complexity index is 713. The summed E-state index contributed by atoms with van der Waals surface area (Å²) in [5, 5.41) is 0.472. The summed E-state index contributed by atoms with van der Waals surface area (Å²) in [6.07, 6.45) is 1.06. The number of carbonyl (C=O) groups is 1. The van der Waals surface area contributed by atoms with E-state index in [0.717, 1.165) is 24.2 Å². The Kier molecular flexibility index (Phi) is 6.50. The first-order chi connectivity index (χ1) is 11.6. The second kappa shape index (κ2) is 8.60. The summed E-state index contributed by atoms with van der Waals surface area (Å²) in [6, 6.07) is 11.3. The van der Waals surface area contributed by atoms with Gasteiger partial charge in [0.15, 0.2) is 0 Å². The van der Waals surface area contributed by atoms with Gasteiger partial charge in [-0.05, 0) is 42.2 Å². The maximum atomic E-state index is 11.4. The van der Waals surface area contributed by atoms with Crippen molar-refractivity contribution in [1.29, 1.82) is 0 Å². The molecular formula is C19H21ClO4. The average Bonchev–Trinajstić information content (AvgIpc) is 2.61. The Hall–Kier alpha value is -2.20. The van der Waals surface area contributed by atoms with E-state index in [0.29, 0.717) is 16.3 Å². The van der Waals surface area contributed by atoms with Gasteiger partial charge in [0.25, 0.3) is 0 Å². The minimum absolute atomic E-state index is 0.199. The minimum atomic E-state index is -0.792. The standard InChI is InChI=1S/C19H21ClO4/c1-4-13-9-10-17(14(5-2)11-13)23-12-15-16(20)7-6-8-18(15)24-19(21)22-3/h6-11H,4-5,12H2,1-3H3. The summed E-state index contributed by atoms with van der Waals surface area (Å²) in [6.45, 7) is 4.41. The Morgan fingerprint density at radius 2 is 1.88 bits per heavy atom. The van der Waals surface area contributed by atoms with Crippen LogP contribution >= 0.6 is 11.6 Å². The van der Waals surface area contributed by atoms with E-state index in [2.05, 4.69) is 24.7 Å². The summed E-state index contributed by atoms with van der Waals surface area (Å²) in [7, 11) is 1.26. The lowest BCUT2D eigenvalue weighted by Crippen LogP contribution is -2.10. The molecule has 0 fully saturated rings. The monoisotopic (exact) mass is 348 g/mol. The number of hydrogen-bond acceptors (Lipinski definition) is 4. The molecule has 2 rings (SSSR count). The molecule has 0 N–H and O–H groups in total. The lowest BCUT2D eigenvalue weighted by Gasteiger charge is -2.15. The highest BCUT2D eigenvalue weighted by molar-refractivity contribution is 6.31. The Balaban J connectivity index is 2.21. The van der Waals surface area contributed by atoms with Crippen LogP contribution in [0.25, 0.3) is 0 Å². The first-order valence-corrected chi connectivity index (χ1v) is 8.24. The number of halogens is 1. The lowest BCUT2D eigenvalue weighted by atomic mass is 10.1. The van der Waals surface area contributed by atoms with Gasteiger partial charge in [-0.2, -0.15) is 0 Å². The molecule has 0 aromatic heterocycles. The molecule has 0 saturated heterocycles. The molecule has 0 aliphatic rings. The van der Waals surface area contributed by atoms with Gasteiger partial charge in [-0.25, -0.2) is 4.79 Å². The van der Waals surface area contributed by atoms with Crippen LogP contribution in [0.4, 0.5) is 4.79 Å². The van der Waals surface area contributed by atoms with E-state index < -0.39 is 6.16 Å². The SMILES string of the molecule is CCc1ccc(OCc2c(Cl)cccc2OC(=O)OC)c(CC)c1. The molecule has 0 radical (unpaired) electrons. The molecule has 4 nitrogen and oxygen atoms in total. The van der Waals surface area contributed by atoms with Crippen LogP contribution in [0.5, 0.6) is 11.5 Å². The van der Waals surface area contributed by atoms with E-state index in [1.807, 2.05) is 12.1 Å². The topological polar surface area (TPSA) is 44.8 Å². The fourth-order valence-electron chi connectivity index (χ4n) is 2.33. The van der Waals surface area contributed by atoms with Gasteiger partial charge in [-0.1, -0.05) is 43.6 Å². The predicted octanol–water partition coefficient (Wildman–Crippen LogP) is 5.19. The molecule has 2 aromatic rings. The second-order valence-electron chi connectivity index (χ2n) is 5.21. The summed E-state index contributed by atoms with van der Waals surface area (Å²) < 4.78 is 15.6. The number of carbonyl (C=O) groups excluding carboxylic acids is 1. The molecule has 0 heterocycles. The number of hydrogen-bond donors (Lipinski definition) is 0. The van der Waals surface area contributed by atoms with Crippen molar-refractivity contribution in [1.82, 2.24) is 0 Å². The van der Waals surface area contributed by atoms with Gasteiger partial charge in [0, 0.05) is 0 Å². The molecule has 0 unspecified atom stereocenters. The van der Waals surface area contributed by atoms with Crippen LogP contribution in [-0.2, 0) is 24.2 Å². The van der Waals surface area contributed by atoms with Crippen molar-refractivity contribution in [2.75, 3.05) is 7.11 Å². The largest absolute Gasteiger partial charge is 0.513 e. The van der Waals surface area contributed by atoms with Gasteiger partial charge in [-0.3, -0.25) is 0 Å². The third-order valence-corrected chi connectivity index (χ3v) is 4.08. The van der Waals surface area contributed by atoms with Crippen LogP contribution in [-0.4, -0.2) is 13.3 Å². The number of rotatable bonds is 6. The van der Waals surface area contributed by atoms with Crippen molar-refractivity contribution in [3.05, 3.63) is 58.1 Å². The maximum absolute atomic E-state index is 11.4. The zero-order chi connectivity index (χ0) is 17.5. The van der Waals surface area contributed by atoms with E-state index >= 15 is 0 Å². The quantitative estimate of drug-likeness (QED) is 0.532. The van der Waals surface area contributed by atoms with Crippen LogP contribution < -0.4 is 9.47 Å². The Morgan fingerprint density at radius 1 is 1.08 bits per heavy atom. The molecule has 0 aliphatic carbocycles. The molecule has 5 heteroatoms. The van der Waals surface area contributed by atoms with Gasteiger partial charge < -0.3 is 14.2 Å². The average molecular weight is 349 g/mol. The molecule has 128 valence electrons. The third kappa shape index (κ3) is 4.42. The van der Waals surface area contributed by atoms with Crippen LogP contribution in [0.3, 0.4) is 0 Å². The van der Waals surface area contributed by atoms with E-state index in [9.17, 15) is 4.79 Å². The highest BCUT2D eigenvalue weighted by Gasteiger charge is 2.14. The fraction of sp³-hybridized carbons (Fsp3) is 0.316. The Morgan fingerprint density at radius 3 is 2.54 bits per heavy atom. The van der Waals surface area contributed by atoms with Crippen molar-refractivity contribution in [3.8, 4) is 11.5 Å². The molecule has 0 saturated carbocycles. The zero-order valence-electron chi connectivity index (χ0n) is 14.1. The second-order valence-corrected chi connectivity index (χ2v) is 5.62. The van der Waals surface area contributed by atoms with Crippen LogP contribution in [0.2, 0.25) is 5.02 Å². The van der Waals surface area contributed by atoms with Crippen molar-refractivity contribution >= 4 is 17.8 Å². The molecule has 0 spiro atoms. The van der Waals surface area contributed by atoms with E-state index in [1.54, 1.807) is 18.2 Å². The third-order valence-electron chi connectivity index (χ3n) is 3.72. The molecule has 0 amide bonds. The van der Waals surface area contributed by atoms with Crippen LogP contribution in [0.1, 0.15) is 30.5 Å². The van der Waals surface area contributed by atoms with E-state index in [-0.39, 0.29) is 6.61 Å². The molecule has 2 aromatic carbocycles. The highest BCUT2D eigenvalue weighted by Crippen LogP contribution is 2.29. The first-order valence-electron chi connectivity index (χ1n) is 7.86. The normalized spacial score (nSPS) is 10.3. The fourth-order valence-corrected chi connectivity index (χ4v) is 2.55. The molecule has 0 aliphatic heterocycles. The number of methoxy groups -OCH3 is 1. The first kappa shape index (κ1) is 18.1. The lowest BCUT2D eigenvalue weighted by molar-refractivity contribution is 0.120. The van der Waals surface area contributed by atoms with Gasteiger partial charge >= 0.3 is 6.16 Å². The van der Waals surface area contributed by atoms with Crippen molar-refractivity contribution < 1.29 is 19.0 Å². The summed E-state index contributed by atoms with van der Waals surface area (Å²) in [5.74, 6) is 1.14. The number of benzene rings is 2. The highest BCUT2D eigenvalue weighted by atomic mass is 35.5. The van der Waals surface area contributed by atoms with Gasteiger partial charge in [0.2, 0.25) is 0 Å². The molecule has 24 heavy (non-hydrogen) atoms. The van der Waals surface area contributed by atoms with Gasteiger partial charge in [0.05, 0.1) is 17.7 Å². The summed E-state index contributed by atoms with van der Waals surface area (Å²) >= 11 is 6.23. The van der Waals surface area contributed by atoms with Crippen molar-refractivity contribution in [2.24, 2.45) is 0 Å². The number of ether oxygens (including phenoxy) is 3. The van der Waals surface area contributed by atoms with E-state index in [4.69, 9.17) is 21.1 Å². The summed E-state index contributed by atoms with van der Waals surface area (Å²) in [5.41, 5.74) is 3.01. The summed E-state index contributed by atoms with van der Waals surface area (Å²) in [4.78, 5) is 11.4. The van der Waals surface area contributed by atoms with Gasteiger partial charge in [-0.15, -0.1) is 0 Å². The smallest absolute Gasteiger partial charge is 0.488 e. The Labute approximate surface area is 147 Å². The minimum Gasteiger partial charge on any atom is -0.488 e.